The number of halogens is 3. The van der Waals surface area contributed by atoms with Crippen LogP contribution in [0.2, 0.25) is 0 Å². The molecule has 1 fully saturated rings. The van der Waals surface area contributed by atoms with Crippen molar-refractivity contribution in [1.82, 2.24) is 15.0 Å². The quantitative estimate of drug-likeness (QED) is 0.744. The van der Waals surface area contributed by atoms with Gasteiger partial charge < -0.3 is 14.0 Å². The van der Waals surface area contributed by atoms with Crippen LogP contribution in [0.1, 0.15) is 45.5 Å². The van der Waals surface area contributed by atoms with Crippen molar-refractivity contribution >= 4 is 6.09 Å². The first-order chi connectivity index (χ1) is 13.0. The van der Waals surface area contributed by atoms with Crippen molar-refractivity contribution in [1.29, 1.82) is 0 Å². The third kappa shape index (κ3) is 4.93. The molecule has 1 aromatic carbocycles. The van der Waals surface area contributed by atoms with E-state index in [0.717, 1.165) is 6.42 Å². The number of amides is 1. The number of nitrogens with zero attached hydrogens (tertiary/aromatic N) is 3. The minimum absolute atomic E-state index is 0.110. The molecule has 0 spiro atoms. The van der Waals surface area contributed by atoms with Gasteiger partial charge in [-0.3, -0.25) is 4.90 Å². The molecule has 152 valence electrons. The molecule has 1 aliphatic heterocycles. The van der Waals surface area contributed by atoms with Gasteiger partial charge in [0.15, 0.2) is 0 Å². The molecule has 1 atom stereocenters. The summed E-state index contributed by atoms with van der Waals surface area (Å²) in [6.45, 7) is 5.82. The van der Waals surface area contributed by atoms with E-state index < -0.39 is 24.1 Å². The highest BCUT2D eigenvalue weighted by Gasteiger charge is 2.36. The second-order valence-corrected chi connectivity index (χ2v) is 7.36. The van der Waals surface area contributed by atoms with E-state index in [1.807, 2.05) is 0 Å². The molecule has 7 nitrogen and oxygen atoms in total. The summed E-state index contributed by atoms with van der Waals surface area (Å²) in [6.07, 6.45) is -3.90. The fourth-order valence-electron chi connectivity index (χ4n) is 2.88. The van der Waals surface area contributed by atoms with Gasteiger partial charge in [-0.05, 0) is 45.7 Å². The maximum atomic E-state index is 12.4. The van der Waals surface area contributed by atoms with Crippen molar-refractivity contribution < 1.29 is 32.0 Å². The van der Waals surface area contributed by atoms with E-state index in [2.05, 4.69) is 14.9 Å². The summed E-state index contributed by atoms with van der Waals surface area (Å²) < 4.78 is 51.8. The fraction of sp³-hybridized carbons (Fsp3) is 0.500. The van der Waals surface area contributed by atoms with E-state index >= 15 is 0 Å². The summed E-state index contributed by atoms with van der Waals surface area (Å²) in [5.41, 5.74) is -0.332. The summed E-state index contributed by atoms with van der Waals surface area (Å²) in [6, 6.07) is 4.85. The predicted octanol–water partition coefficient (Wildman–Crippen LogP) is 4.71. The Morgan fingerprint density at radius 1 is 1.29 bits per heavy atom. The van der Waals surface area contributed by atoms with Gasteiger partial charge in [-0.15, -0.1) is 13.2 Å². The molecule has 1 amide bonds. The van der Waals surface area contributed by atoms with Crippen molar-refractivity contribution in [3.63, 3.8) is 0 Å². The Morgan fingerprint density at radius 2 is 2.04 bits per heavy atom. The largest absolute Gasteiger partial charge is 0.573 e. The van der Waals surface area contributed by atoms with Crippen LogP contribution in [0, 0.1) is 0 Å². The Kier molecular flexibility index (Phi) is 5.22. The van der Waals surface area contributed by atoms with Crippen LogP contribution in [0.5, 0.6) is 5.75 Å². The van der Waals surface area contributed by atoms with Crippen molar-refractivity contribution in [2.75, 3.05) is 6.54 Å². The Labute approximate surface area is 159 Å². The highest BCUT2D eigenvalue weighted by Crippen LogP contribution is 2.34. The first-order valence-corrected chi connectivity index (χ1v) is 8.71. The summed E-state index contributed by atoms with van der Waals surface area (Å²) in [4.78, 5) is 18.2. The fourth-order valence-corrected chi connectivity index (χ4v) is 2.88. The summed E-state index contributed by atoms with van der Waals surface area (Å²) >= 11 is 0. The second-order valence-electron chi connectivity index (χ2n) is 7.36. The minimum Gasteiger partial charge on any atom is -0.444 e. The molecule has 1 aliphatic rings. The minimum atomic E-state index is -4.79. The Balaban J connectivity index is 1.78. The maximum absolute atomic E-state index is 12.4. The molecule has 2 heterocycles. The number of carbonyl (C=O) groups excluding carboxylic acids is 1. The number of carbonyl (C=O) groups is 1. The topological polar surface area (TPSA) is 77.7 Å². The Morgan fingerprint density at radius 3 is 2.71 bits per heavy atom. The second kappa shape index (κ2) is 7.33. The SMILES string of the molecule is CC(C)(C)OC(=O)N1CCC[C@H]1c1nc(-c2cccc(OC(F)(F)F)c2)no1. The van der Waals surface area contributed by atoms with Gasteiger partial charge in [-0.2, -0.15) is 4.98 Å². The number of aromatic nitrogens is 2. The Bertz CT molecular complexity index is 845. The molecule has 28 heavy (non-hydrogen) atoms. The highest BCUT2D eigenvalue weighted by atomic mass is 19.4. The normalized spacial score (nSPS) is 17.6. The number of benzene rings is 1. The van der Waals surface area contributed by atoms with Crippen LogP contribution in [-0.4, -0.2) is 39.6 Å². The molecule has 0 bridgehead atoms. The highest BCUT2D eigenvalue weighted by molar-refractivity contribution is 5.69. The maximum Gasteiger partial charge on any atom is 0.573 e. The molecule has 2 aromatic rings. The van der Waals surface area contributed by atoms with E-state index in [1.54, 1.807) is 20.8 Å². The monoisotopic (exact) mass is 399 g/mol. The average Bonchev–Trinajstić information content (AvgIpc) is 3.21. The number of hydrogen-bond acceptors (Lipinski definition) is 6. The van der Waals surface area contributed by atoms with Crippen LogP contribution >= 0.6 is 0 Å². The molecule has 1 saturated heterocycles. The van der Waals surface area contributed by atoms with Crippen LogP contribution in [0.3, 0.4) is 0 Å². The number of alkyl halides is 3. The molecule has 0 N–H and O–H groups in total. The van der Waals surface area contributed by atoms with E-state index in [4.69, 9.17) is 9.26 Å². The zero-order chi connectivity index (χ0) is 20.5. The van der Waals surface area contributed by atoms with Crippen molar-refractivity contribution in [3.8, 4) is 17.1 Å². The molecule has 0 radical (unpaired) electrons. The van der Waals surface area contributed by atoms with E-state index in [0.29, 0.717) is 18.5 Å². The van der Waals surface area contributed by atoms with Crippen LogP contribution in [0.4, 0.5) is 18.0 Å². The van der Waals surface area contributed by atoms with E-state index in [1.165, 1.54) is 29.2 Å². The van der Waals surface area contributed by atoms with E-state index in [9.17, 15) is 18.0 Å². The standard InChI is InChI=1S/C18H20F3N3O4/c1-17(2,3)27-16(25)24-9-5-8-13(24)15-22-14(23-28-15)11-6-4-7-12(10-11)26-18(19,20)21/h4,6-7,10,13H,5,8-9H2,1-3H3/t13-/m0/s1. The number of likely N-dealkylation sites (tertiary alicyclic amines) is 1. The Hall–Kier alpha value is -2.78. The number of ether oxygens (including phenoxy) is 2. The lowest BCUT2D eigenvalue weighted by Crippen LogP contribution is -2.36. The van der Waals surface area contributed by atoms with Crippen LogP contribution < -0.4 is 4.74 Å². The summed E-state index contributed by atoms with van der Waals surface area (Å²) in [5.74, 6) is -0.0632. The van der Waals surface area contributed by atoms with Crippen LogP contribution in [-0.2, 0) is 4.74 Å². The zero-order valence-corrected chi connectivity index (χ0v) is 15.6. The zero-order valence-electron chi connectivity index (χ0n) is 15.6. The number of rotatable bonds is 3. The van der Waals surface area contributed by atoms with Gasteiger partial charge in [0.05, 0.1) is 0 Å². The molecule has 0 unspecified atom stereocenters. The summed E-state index contributed by atoms with van der Waals surface area (Å²) in [7, 11) is 0. The smallest absolute Gasteiger partial charge is 0.444 e. The molecule has 1 aromatic heterocycles. The van der Waals surface area contributed by atoms with Gasteiger partial charge in [0, 0.05) is 12.1 Å². The third-order valence-corrected chi connectivity index (χ3v) is 3.93. The average molecular weight is 399 g/mol. The van der Waals surface area contributed by atoms with Gasteiger partial charge in [-0.1, -0.05) is 17.3 Å². The molecule has 0 aliphatic carbocycles. The van der Waals surface area contributed by atoms with Crippen LogP contribution in [0.15, 0.2) is 28.8 Å². The molecule has 10 heteroatoms. The van der Waals surface area contributed by atoms with Gasteiger partial charge in [0.25, 0.3) is 0 Å². The molecular weight excluding hydrogens is 379 g/mol. The van der Waals surface area contributed by atoms with Crippen molar-refractivity contribution in [2.24, 2.45) is 0 Å². The summed E-state index contributed by atoms with van der Waals surface area (Å²) in [5, 5.41) is 3.84. The van der Waals surface area contributed by atoms with Crippen molar-refractivity contribution in [3.05, 3.63) is 30.2 Å². The first kappa shape index (κ1) is 20.0. The molecular formula is C18H20F3N3O4. The lowest BCUT2D eigenvalue weighted by atomic mass is 10.2. The predicted molar refractivity (Wildman–Crippen MR) is 91.3 cm³/mol. The molecule has 0 saturated carbocycles. The van der Waals surface area contributed by atoms with Gasteiger partial charge >= 0.3 is 12.5 Å². The first-order valence-electron chi connectivity index (χ1n) is 8.71. The van der Waals surface area contributed by atoms with Crippen LogP contribution in [0.25, 0.3) is 11.4 Å². The van der Waals surface area contributed by atoms with Crippen molar-refractivity contribution in [2.45, 2.75) is 51.6 Å². The van der Waals surface area contributed by atoms with E-state index in [-0.39, 0.29) is 17.5 Å². The van der Waals surface area contributed by atoms with Gasteiger partial charge in [0.2, 0.25) is 11.7 Å². The lowest BCUT2D eigenvalue weighted by Gasteiger charge is -2.26. The lowest BCUT2D eigenvalue weighted by molar-refractivity contribution is -0.274. The molecule has 3 rings (SSSR count). The van der Waals surface area contributed by atoms with Gasteiger partial charge in [0.1, 0.15) is 17.4 Å². The number of hydrogen-bond donors (Lipinski definition) is 0. The third-order valence-electron chi connectivity index (χ3n) is 3.93. The van der Waals surface area contributed by atoms with Gasteiger partial charge in [-0.25, -0.2) is 4.79 Å².